The van der Waals surface area contributed by atoms with Gasteiger partial charge in [0.25, 0.3) is 0 Å². The topological polar surface area (TPSA) is 72.9 Å². The second-order valence-corrected chi connectivity index (χ2v) is 5.31. The van der Waals surface area contributed by atoms with Crippen LogP contribution in [0.3, 0.4) is 0 Å². The Morgan fingerprint density at radius 1 is 1.13 bits per heavy atom. The van der Waals surface area contributed by atoms with Crippen LogP contribution in [0.2, 0.25) is 0 Å². The fourth-order valence-electron chi connectivity index (χ4n) is 2.43. The zero-order chi connectivity index (χ0) is 15.6. The van der Waals surface area contributed by atoms with E-state index in [9.17, 15) is 0 Å². The van der Waals surface area contributed by atoms with Gasteiger partial charge in [-0.25, -0.2) is 4.98 Å². The summed E-state index contributed by atoms with van der Waals surface area (Å²) in [6, 6.07) is 13.9. The number of rotatable bonds is 4. The molecule has 0 aliphatic rings. The van der Waals surface area contributed by atoms with Gasteiger partial charge in [0.2, 0.25) is 5.95 Å². The molecule has 3 aromatic heterocycles. The molecule has 3 heterocycles. The Bertz CT molecular complexity index is 939. The number of fused-ring (bicyclic) bond motifs is 1. The third kappa shape index (κ3) is 2.64. The number of aromatic nitrogens is 6. The van der Waals surface area contributed by atoms with Crippen molar-refractivity contribution in [2.45, 2.75) is 13.5 Å². The first-order chi connectivity index (χ1) is 11.3. The van der Waals surface area contributed by atoms with Gasteiger partial charge in [-0.15, -0.1) is 0 Å². The predicted molar refractivity (Wildman–Crippen MR) is 86.4 cm³/mol. The minimum Gasteiger partial charge on any atom is -0.347 e. The molecule has 114 valence electrons. The van der Waals surface area contributed by atoms with E-state index in [1.165, 1.54) is 5.56 Å². The maximum atomic E-state index is 4.60. The molecule has 0 atom stereocenters. The Morgan fingerprint density at radius 3 is 2.87 bits per heavy atom. The van der Waals surface area contributed by atoms with E-state index < -0.39 is 0 Å². The molecular formula is C16H15N7. The number of hydrogen-bond acceptors (Lipinski definition) is 5. The summed E-state index contributed by atoms with van der Waals surface area (Å²) < 4.78 is 3.67. The molecule has 0 fully saturated rings. The van der Waals surface area contributed by atoms with Crippen LogP contribution in [0.4, 0.5) is 5.95 Å². The molecule has 0 saturated heterocycles. The first kappa shape index (κ1) is 13.4. The number of pyridine rings is 1. The highest BCUT2D eigenvalue weighted by atomic mass is 15.6. The number of nitrogens with zero attached hydrogens (tertiary/aromatic N) is 6. The number of imidazole rings is 1. The lowest BCUT2D eigenvalue weighted by atomic mass is 10.3. The van der Waals surface area contributed by atoms with Crippen molar-refractivity contribution >= 4 is 11.6 Å². The van der Waals surface area contributed by atoms with Gasteiger partial charge in [0.05, 0.1) is 17.9 Å². The summed E-state index contributed by atoms with van der Waals surface area (Å²) in [5, 5.41) is 15.0. The predicted octanol–water partition coefficient (Wildman–Crippen LogP) is 2.23. The summed E-state index contributed by atoms with van der Waals surface area (Å²) in [6.45, 7) is 2.61. The maximum absolute atomic E-state index is 4.60. The van der Waals surface area contributed by atoms with Gasteiger partial charge in [-0.3, -0.25) is 0 Å². The summed E-state index contributed by atoms with van der Waals surface area (Å²) in [5.74, 6) is 0.587. The average Bonchev–Trinajstić information content (AvgIpc) is 3.19. The largest absolute Gasteiger partial charge is 0.347 e. The number of nitrogens with one attached hydrogen (secondary N) is 1. The highest BCUT2D eigenvalue weighted by Crippen LogP contribution is 2.12. The first-order valence-electron chi connectivity index (χ1n) is 7.31. The van der Waals surface area contributed by atoms with E-state index in [1.807, 2.05) is 47.1 Å². The zero-order valence-electron chi connectivity index (χ0n) is 12.6. The molecule has 7 nitrogen and oxygen atoms in total. The third-order valence-electron chi connectivity index (χ3n) is 3.56. The van der Waals surface area contributed by atoms with Gasteiger partial charge in [0.15, 0.2) is 0 Å². The monoisotopic (exact) mass is 305 g/mol. The van der Waals surface area contributed by atoms with Crippen LogP contribution < -0.4 is 5.32 Å². The lowest BCUT2D eigenvalue weighted by Crippen LogP contribution is -2.07. The van der Waals surface area contributed by atoms with Crippen LogP contribution in [-0.4, -0.2) is 29.6 Å². The Labute approximate surface area is 132 Å². The van der Waals surface area contributed by atoms with Crippen LogP contribution in [0.1, 0.15) is 11.3 Å². The number of hydrogen-bond donors (Lipinski definition) is 1. The smallest absolute Gasteiger partial charge is 0.248 e. The van der Waals surface area contributed by atoms with E-state index >= 15 is 0 Å². The van der Waals surface area contributed by atoms with Crippen LogP contribution in [0, 0.1) is 6.92 Å². The quantitative estimate of drug-likeness (QED) is 0.626. The van der Waals surface area contributed by atoms with E-state index in [0.29, 0.717) is 12.5 Å². The second kappa shape index (κ2) is 5.53. The molecule has 4 rings (SSSR count). The Morgan fingerprint density at radius 2 is 2.00 bits per heavy atom. The number of aryl methyl sites for hydroxylation is 1. The van der Waals surface area contributed by atoms with E-state index in [4.69, 9.17) is 0 Å². The molecule has 23 heavy (non-hydrogen) atoms. The van der Waals surface area contributed by atoms with Gasteiger partial charge in [-0.1, -0.05) is 23.3 Å². The molecule has 0 amide bonds. The van der Waals surface area contributed by atoms with Gasteiger partial charge in [0, 0.05) is 12.4 Å². The molecular weight excluding hydrogens is 290 g/mol. The molecule has 1 N–H and O–H groups in total. The Balaban J connectivity index is 1.56. The van der Waals surface area contributed by atoms with Gasteiger partial charge < -0.3 is 9.72 Å². The highest BCUT2D eigenvalue weighted by Gasteiger charge is 2.08. The number of tetrazole rings is 1. The van der Waals surface area contributed by atoms with Gasteiger partial charge in [-0.2, -0.15) is 4.68 Å². The van der Waals surface area contributed by atoms with Crippen LogP contribution in [0.5, 0.6) is 0 Å². The molecule has 7 heteroatoms. The van der Waals surface area contributed by atoms with E-state index in [0.717, 1.165) is 17.0 Å². The number of para-hydroxylation sites is 1. The highest BCUT2D eigenvalue weighted by molar-refractivity contribution is 5.43. The molecule has 0 spiro atoms. The van der Waals surface area contributed by atoms with Crippen LogP contribution in [0.25, 0.3) is 11.3 Å². The first-order valence-corrected chi connectivity index (χ1v) is 7.31. The Kier molecular flexibility index (Phi) is 3.23. The fraction of sp³-hybridized carbons (Fsp3) is 0.125. The Hall–Kier alpha value is -3.22. The van der Waals surface area contributed by atoms with Crippen molar-refractivity contribution in [3.05, 3.63) is 66.1 Å². The number of benzene rings is 1. The SMILES string of the molecule is Cc1ccn2cc(CNc3nnnn3-c3ccccc3)nc2c1. The van der Waals surface area contributed by atoms with Crippen molar-refractivity contribution in [3.63, 3.8) is 0 Å². The lowest BCUT2D eigenvalue weighted by Gasteiger charge is -2.05. The van der Waals surface area contributed by atoms with Gasteiger partial charge in [0.1, 0.15) is 5.65 Å². The second-order valence-electron chi connectivity index (χ2n) is 5.31. The number of anilines is 1. The standard InChI is InChI=1S/C16H15N7/c1-12-7-8-22-11-13(18-15(22)9-12)10-17-16-19-20-21-23(16)14-5-3-2-4-6-14/h2-9,11H,10H2,1H3,(H,17,19,21). The van der Waals surface area contributed by atoms with E-state index in [-0.39, 0.29) is 0 Å². The minimum atomic E-state index is 0.550. The average molecular weight is 305 g/mol. The zero-order valence-corrected chi connectivity index (χ0v) is 12.6. The van der Waals surface area contributed by atoms with Crippen molar-refractivity contribution in [1.82, 2.24) is 29.6 Å². The summed E-state index contributed by atoms with van der Waals surface area (Å²) >= 11 is 0. The van der Waals surface area contributed by atoms with Crippen molar-refractivity contribution in [3.8, 4) is 5.69 Å². The fourth-order valence-corrected chi connectivity index (χ4v) is 2.43. The van der Waals surface area contributed by atoms with Crippen molar-refractivity contribution in [2.75, 3.05) is 5.32 Å². The summed E-state index contributed by atoms with van der Waals surface area (Å²) in [4.78, 5) is 4.60. The summed E-state index contributed by atoms with van der Waals surface area (Å²) in [7, 11) is 0. The molecule has 0 aliphatic heterocycles. The third-order valence-corrected chi connectivity index (χ3v) is 3.56. The van der Waals surface area contributed by atoms with Crippen molar-refractivity contribution < 1.29 is 0 Å². The molecule has 1 aromatic carbocycles. The molecule has 0 saturated carbocycles. The van der Waals surface area contributed by atoms with Gasteiger partial charge >= 0.3 is 0 Å². The lowest BCUT2D eigenvalue weighted by molar-refractivity contribution is 0.789. The summed E-state index contributed by atoms with van der Waals surface area (Å²) in [6.07, 6.45) is 4.01. The van der Waals surface area contributed by atoms with E-state index in [1.54, 1.807) is 4.68 Å². The van der Waals surface area contributed by atoms with Crippen LogP contribution in [-0.2, 0) is 6.54 Å². The molecule has 4 aromatic rings. The van der Waals surface area contributed by atoms with Gasteiger partial charge in [-0.05, 0) is 47.2 Å². The normalized spacial score (nSPS) is 11.0. The van der Waals surface area contributed by atoms with Crippen LogP contribution >= 0.6 is 0 Å². The van der Waals surface area contributed by atoms with Crippen molar-refractivity contribution in [2.24, 2.45) is 0 Å². The van der Waals surface area contributed by atoms with E-state index in [2.05, 4.69) is 44.9 Å². The molecule has 0 bridgehead atoms. The molecule has 0 radical (unpaired) electrons. The minimum absolute atomic E-state index is 0.550. The summed E-state index contributed by atoms with van der Waals surface area (Å²) in [5.41, 5.74) is 3.96. The molecule has 0 aliphatic carbocycles. The van der Waals surface area contributed by atoms with Crippen LogP contribution in [0.15, 0.2) is 54.9 Å². The molecule has 0 unspecified atom stereocenters. The maximum Gasteiger partial charge on any atom is 0.248 e. The van der Waals surface area contributed by atoms with Crippen molar-refractivity contribution in [1.29, 1.82) is 0 Å².